The van der Waals surface area contributed by atoms with Crippen molar-refractivity contribution >= 4 is 45.0 Å². The number of benzene rings is 2. The molecule has 0 saturated heterocycles. The van der Waals surface area contributed by atoms with Crippen molar-refractivity contribution in [2.75, 3.05) is 4.90 Å². The first-order valence-electron chi connectivity index (χ1n) is 6.83. The van der Waals surface area contributed by atoms with E-state index < -0.39 is 0 Å². The Bertz CT molecular complexity index is 801. The van der Waals surface area contributed by atoms with Crippen LogP contribution in [0.15, 0.2) is 40.9 Å². The molecule has 1 aliphatic rings. The standard InChI is InChI=1S/C17H13BrClNO2/c1-9-8-11(18)6-7-14(9)20-16(21)13-5-3-4-12(10(2)19)15(13)17(20)22/h3-8,10H,1-2H3. The number of imide groups is 1. The maximum atomic E-state index is 12.8. The molecule has 1 unspecified atom stereocenters. The third-order valence-electron chi connectivity index (χ3n) is 3.78. The van der Waals surface area contributed by atoms with Gasteiger partial charge in [0.1, 0.15) is 0 Å². The minimum absolute atomic E-state index is 0.301. The van der Waals surface area contributed by atoms with Crippen molar-refractivity contribution in [2.45, 2.75) is 19.2 Å². The van der Waals surface area contributed by atoms with E-state index in [0.717, 1.165) is 10.0 Å². The second-order valence-electron chi connectivity index (χ2n) is 5.26. The summed E-state index contributed by atoms with van der Waals surface area (Å²) in [6.45, 7) is 3.66. The number of carbonyl (C=O) groups excluding carboxylic acids is 2. The Labute approximate surface area is 142 Å². The lowest BCUT2D eigenvalue weighted by Crippen LogP contribution is -2.30. The quantitative estimate of drug-likeness (QED) is 0.553. The number of halogens is 2. The Morgan fingerprint density at radius 2 is 1.86 bits per heavy atom. The van der Waals surface area contributed by atoms with Crippen LogP contribution in [0.4, 0.5) is 5.69 Å². The van der Waals surface area contributed by atoms with Gasteiger partial charge in [0.25, 0.3) is 11.8 Å². The molecule has 22 heavy (non-hydrogen) atoms. The van der Waals surface area contributed by atoms with Crippen LogP contribution in [0, 0.1) is 6.92 Å². The molecule has 0 aromatic heterocycles. The van der Waals surface area contributed by atoms with Crippen LogP contribution in [0.25, 0.3) is 0 Å². The van der Waals surface area contributed by atoms with E-state index in [1.807, 2.05) is 19.1 Å². The Kier molecular flexibility index (Phi) is 3.83. The molecule has 5 heteroatoms. The Balaban J connectivity index is 2.17. The summed E-state index contributed by atoms with van der Waals surface area (Å²) in [6, 6.07) is 10.7. The number of amides is 2. The van der Waals surface area contributed by atoms with Gasteiger partial charge in [-0.25, -0.2) is 4.90 Å². The second kappa shape index (κ2) is 5.52. The molecule has 1 heterocycles. The van der Waals surface area contributed by atoms with Gasteiger partial charge in [-0.3, -0.25) is 9.59 Å². The lowest BCUT2D eigenvalue weighted by atomic mass is 10.0. The van der Waals surface area contributed by atoms with Crippen molar-refractivity contribution in [1.29, 1.82) is 0 Å². The van der Waals surface area contributed by atoms with Gasteiger partial charge in [0, 0.05) is 4.47 Å². The number of rotatable bonds is 2. The highest BCUT2D eigenvalue weighted by atomic mass is 79.9. The number of alkyl halides is 1. The third-order valence-corrected chi connectivity index (χ3v) is 4.50. The van der Waals surface area contributed by atoms with Crippen molar-refractivity contribution in [2.24, 2.45) is 0 Å². The van der Waals surface area contributed by atoms with Crippen LogP contribution in [-0.4, -0.2) is 11.8 Å². The molecule has 0 aliphatic carbocycles. The van der Waals surface area contributed by atoms with E-state index in [9.17, 15) is 9.59 Å². The van der Waals surface area contributed by atoms with Gasteiger partial charge in [0.2, 0.25) is 0 Å². The molecule has 2 amide bonds. The average molecular weight is 379 g/mol. The molecule has 0 fully saturated rings. The van der Waals surface area contributed by atoms with Crippen LogP contribution in [0.2, 0.25) is 0 Å². The summed E-state index contributed by atoms with van der Waals surface area (Å²) in [5.74, 6) is -0.613. The predicted octanol–water partition coefficient (Wildman–Crippen LogP) is 4.86. The highest BCUT2D eigenvalue weighted by molar-refractivity contribution is 9.10. The minimum Gasteiger partial charge on any atom is -0.268 e. The van der Waals surface area contributed by atoms with Crippen molar-refractivity contribution in [3.8, 4) is 0 Å². The molecule has 3 rings (SSSR count). The molecule has 0 radical (unpaired) electrons. The Hall–Kier alpha value is -1.65. The number of hydrogen-bond donors (Lipinski definition) is 0. The van der Waals surface area contributed by atoms with E-state index in [-0.39, 0.29) is 17.2 Å². The molecule has 112 valence electrons. The van der Waals surface area contributed by atoms with Crippen LogP contribution in [-0.2, 0) is 0 Å². The van der Waals surface area contributed by atoms with E-state index in [1.165, 1.54) is 4.90 Å². The normalized spacial score (nSPS) is 15.2. The molecular weight excluding hydrogens is 366 g/mol. The molecule has 0 N–H and O–H groups in total. The largest absolute Gasteiger partial charge is 0.268 e. The lowest BCUT2D eigenvalue weighted by molar-refractivity contribution is 0.0925. The van der Waals surface area contributed by atoms with Gasteiger partial charge in [-0.05, 0) is 49.2 Å². The summed E-state index contributed by atoms with van der Waals surface area (Å²) in [5.41, 5.74) is 2.97. The topological polar surface area (TPSA) is 37.4 Å². The summed E-state index contributed by atoms with van der Waals surface area (Å²) in [7, 11) is 0. The van der Waals surface area contributed by atoms with Crippen molar-refractivity contribution in [3.05, 3.63) is 63.1 Å². The summed E-state index contributed by atoms with van der Waals surface area (Å²) in [6.07, 6.45) is 0. The van der Waals surface area contributed by atoms with E-state index in [0.29, 0.717) is 22.4 Å². The Morgan fingerprint density at radius 3 is 2.50 bits per heavy atom. The third kappa shape index (κ3) is 2.27. The molecule has 0 saturated carbocycles. The van der Waals surface area contributed by atoms with Gasteiger partial charge in [0.05, 0.1) is 22.2 Å². The molecule has 2 aromatic rings. The number of anilines is 1. The summed E-state index contributed by atoms with van der Waals surface area (Å²) < 4.78 is 0.903. The molecule has 3 nitrogen and oxygen atoms in total. The predicted molar refractivity (Wildman–Crippen MR) is 90.7 cm³/mol. The van der Waals surface area contributed by atoms with Gasteiger partial charge < -0.3 is 0 Å². The molecule has 1 aliphatic heterocycles. The van der Waals surface area contributed by atoms with Gasteiger partial charge in [-0.2, -0.15) is 0 Å². The fraction of sp³-hybridized carbons (Fsp3) is 0.176. The van der Waals surface area contributed by atoms with E-state index in [2.05, 4.69) is 15.9 Å². The van der Waals surface area contributed by atoms with Crippen LogP contribution < -0.4 is 4.90 Å². The maximum absolute atomic E-state index is 12.8. The number of aryl methyl sites for hydroxylation is 1. The first-order chi connectivity index (χ1) is 10.4. The second-order valence-corrected chi connectivity index (χ2v) is 6.83. The summed E-state index contributed by atoms with van der Waals surface area (Å²) in [4.78, 5) is 26.7. The maximum Gasteiger partial charge on any atom is 0.266 e. The van der Waals surface area contributed by atoms with Crippen molar-refractivity contribution < 1.29 is 9.59 Å². The highest BCUT2D eigenvalue weighted by Gasteiger charge is 2.39. The lowest BCUT2D eigenvalue weighted by Gasteiger charge is -2.17. The highest BCUT2D eigenvalue weighted by Crippen LogP contribution is 2.36. The zero-order valence-corrected chi connectivity index (χ0v) is 14.4. The summed E-state index contributed by atoms with van der Waals surface area (Å²) >= 11 is 9.55. The van der Waals surface area contributed by atoms with Gasteiger partial charge in [-0.1, -0.05) is 28.1 Å². The number of nitrogens with zero attached hydrogens (tertiary/aromatic N) is 1. The first-order valence-corrected chi connectivity index (χ1v) is 8.06. The van der Waals surface area contributed by atoms with Crippen molar-refractivity contribution in [3.63, 3.8) is 0 Å². The average Bonchev–Trinajstić information content (AvgIpc) is 2.72. The van der Waals surface area contributed by atoms with Gasteiger partial charge in [0.15, 0.2) is 0 Å². The smallest absolute Gasteiger partial charge is 0.266 e. The zero-order chi connectivity index (χ0) is 16.0. The monoisotopic (exact) mass is 377 g/mol. The van der Waals surface area contributed by atoms with Gasteiger partial charge in [-0.15, -0.1) is 11.6 Å². The SMILES string of the molecule is Cc1cc(Br)ccc1N1C(=O)c2cccc(C(C)Cl)c2C1=O. The fourth-order valence-electron chi connectivity index (χ4n) is 2.73. The van der Waals surface area contributed by atoms with Crippen LogP contribution in [0.3, 0.4) is 0 Å². The number of fused-ring (bicyclic) bond motifs is 1. The van der Waals surface area contributed by atoms with Gasteiger partial charge >= 0.3 is 0 Å². The number of hydrogen-bond acceptors (Lipinski definition) is 2. The first kappa shape index (κ1) is 15.3. The van der Waals surface area contributed by atoms with E-state index in [4.69, 9.17) is 11.6 Å². The van der Waals surface area contributed by atoms with Crippen LogP contribution >= 0.6 is 27.5 Å². The molecule has 1 atom stereocenters. The molecule has 0 bridgehead atoms. The molecular formula is C17H13BrClNO2. The zero-order valence-electron chi connectivity index (χ0n) is 12.1. The van der Waals surface area contributed by atoms with Crippen molar-refractivity contribution in [1.82, 2.24) is 0 Å². The summed E-state index contributed by atoms with van der Waals surface area (Å²) in [5, 5.41) is -0.335. The van der Waals surface area contributed by atoms with Crippen LogP contribution in [0.1, 0.15) is 44.1 Å². The van der Waals surface area contributed by atoms with Crippen LogP contribution in [0.5, 0.6) is 0 Å². The Morgan fingerprint density at radius 1 is 1.14 bits per heavy atom. The minimum atomic E-state index is -0.335. The number of carbonyl (C=O) groups is 2. The van der Waals surface area contributed by atoms with E-state index >= 15 is 0 Å². The van der Waals surface area contributed by atoms with E-state index in [1.54, 1.807) is 31.2 Å². The molecule has 2 aromatic carbocycles. The molecule has 0 spiro atoms. The fourth-order valence-corrected chi connectivity index (χ4v) is 3.39.